The molecule has 330 valence electrons. The van der Waals surface area contributed by atoms with Crippen LogP contribution in [0.15, 0.2) is 12.5 Å². The zero-order valence-electron chi connectivity index (χ0n) is 34.4. The average molecular weight is 840 g/mol. The fraction of sp³-hybridized carbons (Fsp3) is 0.769. The summed E-state index contributed by atoms with van der Waals surface area (Å²) in [5, 5.41) is 19.2. The van der Waals surface area contributed by atoms with Gasteiger partial charge in [-0.1, -0.05) is 82.3 Å². The lowest BCUT2D eigenvalue weighted by Gasteiger charge is -2.13. The highest BCUT2D eigenvalue weighted by molar-refractivity contribution is 7.90. The molecular formula is C39H69N9O9S. The Bertz CT molecular complexity index is 1530. The predicted molar refractivity (Wildman–Crippen MR) is 219 cm³/mol. The number of ether oxygens (including phenoxy) is 2. The molecule has 0 aromatic carbocycles. The first kappa shape index (κ1) is 50.0. The van der Waals surface area contributed by atoms with E-state index >= 15 is 0 Å². The molecule has 0 fully saturated rings. The van der Waals surface area contributed by atoms with Crippen LogP contribution >= 0.6 is 0 Å². The van der Waals surface area contributed by atoms with E-state index in [-0.39, 0.29) is 70.6 Å². The van der Waals surface area contributed by atoms with Crippen LogP contribution in [0.25, 0.3) is 0 Å². The minimum absolute atomic E-state index is 0. The van der Waals surface area contributed by atoms with Gasteiger partial charge in [-0.25, -0.2) is 13.4 Å². The molecule has 1 atom stereocenters. The Morgan fingerprint density at radius 1 is 0.741 bits per heavy atom. The standard InChI is InChI=1S/C39H67N9O9S.H2/c1-32(49)33(27-35(50)21-20-34-28-40-31-43-34)17-15-16-22-41-38(52)29-57-26-25-56-24-23-42-39(53)30-58(54,55)46-37(51)19-14-12-10-8-6-4-2-3-5-7-9-11-13-18-36-44-47-48-45-36;/h28,31,33H,2-27,29-30H2,1H3,(H,40,43)(H,41,52)(H,42,53)(H,46,51)(H,44,45,47,48);1H/t33-;/m1./s1. The fourth-order valence-electron chi connectivity index (χ4n) is 6.25. The molecule has 0 aliphatic rings. The second-order valence-electron chi connectivity index (χ2n) is 14.7. The predicted octanol–water partition coefficient (Wildman–Crippen LogP) is 3.85. The van der Waals surface area contributed by atoms with Crippen molar-refractivity contribution < 1.29 is 43.3 Å². The Balaban J connectivity index is 0.0000174. The third-order valence-corrected chi connectivity index (χ3v) is 10.7. The van der Waals surface area contributed by atoms with E-state index < -0.39 is 27.6 Å². The summed E-state index contributed by atoms with van der Waals surface area (Å²) < 4.78 is 37.1. The highest BCUT2D eigenvalue weighted by Gasteiger charge is 2.20. The molecule has 0 spiro atoms. The van der Waals surface area contributed by atoms with Gasteiger partial charge in [0.25, 0.3) is 0 Å². The van der Waals surface area contributed by atoms with Crippen molar-refractivity contribution in [2.45, 2.75) is 142 Å². The number of aromatic nitrogens is 6. The molecule has 19 heteroatoms. The van der Waals surface area contributed by atoms with Crippen molar-refractivity contribution in [3.63, 3.8) is 0 Å². The third-order valence-electron chi connectivity index (χ3n) is 9.54. The van der Waals surface area contributed by atoms with Crippen LogP contribution < -0.4 is 15.4 Å². The first-order valence-corrected chi connectivity index (χ1v) is 22.6. The van der Waals surface area contributed by atoms with Crippen molar-refractivity contribution in [1.29, 1.82) is 0 Å². The Hall–Kier alpha value is -4.10. The molecule has 18 nitrogen and oxygen atoms in total. The number of nitrogens with one attached hydrogen (secondary N) is 5. The third kappa shape index (κ3) is 27.5. The van der Waals surface area contributed by atoms with E-state index in [2.05, 4.69) is 41.2 Å². The van der Waals surface area contributed by atoms with Crippen LogP contribution in [0.1, 0.15) is 142 Å². The number of aromatic amines is 2. The highest BCUT2D eigenvalue weighted by atomic mass is 32.2. The summed E-state index contributed by atoms with van der Waals surface area (Å²) in [4.78, 5) is 67.4. The van der Waals surface area contributed by atoms with Gasteiger partial charge in [0.05, 0.1) is 26.1 Å². The van der Waals surface area contributed by atoms with Crippen LogP contribution in [0, 0.1) is 5.92 Å². The van der Waals surface area contributed by atoms with Crippen molar-refractivity contribution in [2.75, 3.05) is 45.3 Å². The van der Waals surface area contributed by atoms with Gasteiger partial charge >= 0.3 is 0 Å². The number of aryl methyl sites for hydroxylation is 2. The SMILES string of the molecule is CC(=O)[C@H](CCCCNC(=O)COCCOCCNC(=O)CS(=O)(=O)NC(=O)CCCCCCCCCCCCCCCc1nn[nH]n1)CC(=O)CCc1cnc[nH]1.[HH]. The number of rotatable bonds is 38. The van der Waals surface area contributed by atoms with E-state index in [0.717, 1.165) is 50.0 Å². The maximum atomic E-state index is 12.3. The van der Waals surface area contributed by atoms with Crippen LogP contribution in [0.3, 0.4) is 0 Å². The molecule has 0 aliphatic heterocycles. The Labute approximate surface area is 344 Å². The summed E-state index contributed by atoms with van der Waals surface area (Å²) in [6.45, 7) is 2.25. The van der Waals surface area contributed by atoms with Crippen molar-refractivity contribution in [3.8, 4) is 0 Å². The molecule has 58 heavy (non-hydrogen) atoms. The smallest absolute Gasteiger partial charge is 0.245 e. The van der Waals surface area contributed by atoms with Gasteiger partial charge in [-0.05, 0) is 39.0 Å². The zero-order chi connectivity index (χ0) is 42.1. The van der Waals surface area contributed by atoms with Crippen LogP contribution in [0.5, 0.6) is 0 Å². The van der Waals surface area contributed by atoms with Gasteiger partial charge in [0.15, 0.2) is 5.82 Å². The molecule has 0 aliphatic carbocycles. The normalized spacial score (nSPS) is 11.9. The first-order chi connectivity index (χ1) is 28.0. The fourth-order valence-corrected chi connectivity index (χ4v) is 7.22. The molecular weight excluding hydrogens is 771 g/mol. The molecule has 2 aromatic heterocycles. The molecule has 0 bridgehead atoms. The van der Waals surface area contributed by atoms with Gasteiger partial charge in [0.2, 0.25) is 27.7 Å². The molecule has 0 saturated heterocycles. The van der Waals surface area contributed by atoms with Crippen LogP contribution in [-0.4, -0.2) is 114 Å². The van der Waals surface area contributed by atoms with Crippen LogP contribution in [-0.2, 0) is 56.3 Å². The molecule has 3 amide bonds. The van der Waals surface area contributed by atoms with Crippen molar-refractivity contribution in [1.82, 2.24) is 45.9 Å². The summed E-state index contributed by atoms with van der Waals surface area (Å²) in [6.07, 6.45) is 21.7. The number of hydrogen-bond acceptors (Lipinski definition) is 13. The molecule has 0 unspecified atom stereocenters. The van der Waals surface area contributed by atoms with Crippen LogP contribution in [0.4, 0.5) is 0 Å². The summed E-state index contributed by atoms with van der Waals surface area (Å²) in [6, 6.07) is 0. The second-order valence-corrected chi connectivity index (χ2v) is 16.4. The topological polar surface area (TPSA) is 257 Å². The Morgan fingerprint density at radius 3 is 2.03 bits per heavy atom. The Kier molecular flexibility index (Phi) is 27.5. The number of tetrazole rings is 1. The minimum Gasteiger partial charge on any atom is -0.377 e. The number of sulfonamides is 1. The Morgan fingerprint density at radius 2 is 1.40 bits per heavy atom. The highest BCUT2D eigenvalue weighted by Crippen LogP contribution is 2.17. The number of amides is 3. The van der Waals surface area contributed by atoms with Gasteiger partial charge in [0, 0.05) is 58.0 Å². The number of H-pyrrole nitrogens is 2. The largest absolute Gasteiger partial charge is 0.377 e. The summed E-state index contributed by atoms with van der Waals surface area (Å²) in [5.41, 5.74) is 0.884. The second kappa shape index (κ2) is 31.8. The van der Waals surface area contributed by atoms with Crippen molar-refractivity contribution in [2.24, 2.45) is 5.92 Å². The number of carbonyl (C=O) groups excluding carboxylic acids is 5. The number of imidazole rings is 1. The first-order valence-electron chi connectivity index (χ1n) is 21.0. The summed E-state index contributed by atoms with van der Waals surface area (Å²) >= 11 is 0. The quantitative estimate of drug-likeness (QED) is 0.0603. The van der Waals surface area contributed by atoms with Gasteiger partial charge in [-0.2, -0.15) is 5.21 Å². The van der Waals surface area contributed by atoms with Gasteiger partial charge in [-0.15, -0.1) is 10.2 Å². The number of carbonyl (C=O) groups is 5. The van der Waals surface area contributed by atoms with Crippen molar-refractivity contribution >= 4 is 39.3 Å². The lowest BCUT2D eigenvalue weighted by atomic mass is 9.91. The molecule has 0 saturated carbocycles. The molecule has 2 aromatic rings. The van der Waals surface area contributed by atoms with Crippen LogP contribution in [0.2, 0.25) is 0 Å². The lowest BCUT2D eigenvalue weighted by Crippen LogP contribution is -2.39. The van der Waals surface area contributed by atoms with E-state index in [1.807, 2.05) is 4.72 Å². The number of Topliss-reactive ketones (excluding diaryl/α,β-unsaturated/α-hetero) is 2. The molecule has 5 N–H and O–H groups in total. The summed E-state index contributed by atoms with van der Waals surface area (Å²) in [7, 11) is -4.10. The number of ketones is 2. The number of hydrogen-bond donors (Lipinski definition) is 5. The van der Waals surface area contributed by atoms with Gasteiger partial charge in [-0.3, -0.25) is 28.7 Å². The maximum Gasteiger partial charge on any atom is 0.245 e. The van der Waals surface area contributed by atoms with E-state index in [0.29, 0.717) is 45.1 Å². The lowest BCUT2D eigenvalue weighted by molar-refractivity contribution is -0.127. The number of unbranched alkanes of at least 4 members (excludes halogenated alkanes) is 13. The molecule has 2 heterocycles. The molecule has 2 rings (SSSR count). The van der Waals surface area contributed by atoms with E-state index in [1.54, 1.807) is 12.5 Å². The van der Waals surface area contributed by atoms with E-state index in [9.17, 15) is 32.4 Å². The van der Waals surface area contributed by atoms with E-state index in [1.165, 1.54) is 51.9 Å². The maximum absolute atomic E-state index is 12.3. The monoisotopic (exact) mass is 839 g/mol. The van der Waals surface area contributed by atoms with Gasteiger partial charge < -0.3 is 25.1 Å². The van der Waals surface area contributed by atoms with E-state index in [4.69, 9.17) is 9.47 Å². The number of nitrogens with zero attached hydrogens (tertiary/aromatic N) is 4. The average Bonchev–Trinajstić information content (AvgIpc) is 3.91. The zero-order valence-corrected chi connectivity index (χ0v) is 35.2. The summed E-state index contributed by atoms with van der Waals surface area (Å²) in [5.74, 6) is -2.02. The van der Waals surface area contributed by atoms with Crippen molar-refractivity contribution in [3.05, 3.63) is 24.0 Å². The minimum atomic E-state index is -4.10. The van der Waals surface area contributed by atoms with Gasteiger partial charge in [0.1, 0.15) is 23.9 Å². The molecule has 0 radical (unpaired) electrons.